The largest absolute Gasteiger partial charge is 0.453 e. The van der Waals surface area contributed by atoms with E-state index in [1.807, 2.05) is 48.5 Å². The van der Waals surface area contributed by atoms with Crippen molar-refractivity contribution < 1.29 is 4.74 Å². The van der Waals surface area contributed by atoms with Crippen molar-refractivity contribution in [3.8, 4) is 11.5 Å². The molecule has 5 rings (SSSR count). The van der Waals surface area contributed by atoms with Crippen molar-refractivity contribution in [2.45, 2.75) is 6.42 Å². The second-order valence-electron chi connectivity index (χ2n) is 5.55. The molecule has 0 aromatic heterocycles. The Bertz CT molecular complexity index is 719. The van der Waals surface area contributed by atoms with Crippen LogP contribution < -0.4 is 15.4 Å². The van der Waals surface area contributed by atoms with E-state index in [1.165, 1.54) is 17.7 Å². The summed E-state index contributed by atoms with van der Waals surface area (Å²) in [6, 6.07) is 24.3. The first-order valence-electron chi connectivity index (χ1n) is 7.85. The minimum atomic E-state index is 0.881. The molecule has 0 saturated carbocycles. The van der Waals surface area contributed by atoms with E-state index < -0.39 is 0 Å². The van der Waals surface area contributed by atoms with Crippen LogP contribution >= 0.6 is 0 Å². The Morgan fingerprint density at radius 3 is 1.87 bits per heavy atom. The molecule has 0 aliphatic carbocycles. The lowest BCUT2D eigenvalue weighted by molar-refractivity contribution is 0.481. The summed E-state index contributed by atoms with van der Waals surface area (Å²) in [5, 5.41) is 6.62. The van der Waals surface area contributed by atoms with Gasteiger partial charge in [0.25, 0.3) is 0 Å². The van der Waals surface area contributed by atoms with Crippen LogP contribution in [0.2, 0.25) is 0 Å². The van der Waals surface area contributed by atoms with Gasteiger partial charge in [0.15, 0.2) is 11.5 Å². The van der Waals surface area contributed by atoms with Crippen LogP contribution in [-0.4, -0.2) is 6.54 Å². The molecule has 2 aliphatic rings. The average Bonchev–Trinajstić information content (AvgIpc) is 3.09. The minimum Gasteiger partial charge on any atom is -0.453 e. The van der Waals surface area contributed by atoms with Crippen LogP contribution in [0.15, 0.2) is 72.8 Å². The molecular formula is C20H18N2O. The summed E-state index contributed by atoms with van der Waals surface area (Å²) in [6.45, 7) is 1.11. The van der Waals surface area contributed by atoms with Gasteiger partial charge in [-0.25, -0.2) is 0 Å². The van der Waals surface area contributed by atoms with Gasteiger partial charge in [-0.05, 0) is 42.3 Å². The summed E-state index contributed by atoms with van der Waals surface area (Å²) in [5.74, 6) is 1.76. The van der Waals surface area contributed by atoms with Crippen LogP contribution in [-0.2, 0) is 6.42 Å². The third-order valence-electron chi connectivity index (χ3n) is 3.99. The molecule has 0 fully saturated rings. The zero-order chi connectivity index (χ0) is 15.5. The molecule has 0 radical (unpaired) electrons. The molecule has 114 valence electrons. The van der Waals surface area contributed by atoms with Gasteiger partial charge in [0, 0.05) is 12.2 Å². The number of hydrogen-bond donors (Lipinski definition) is 2. The normalized spacial score (nSPS) is 13.0. The van der Waals surface area contributed by atoms with Gasteiger partial charge >= 0.3 is 0 Å². The molecule has 0 saturated heterocycles. The molecule has 2 heterocycles. The third-order valence-corrected chi connectivity index (χ3v) is 3.99. The van der Waals surface area contributed by atoms with E-state index >= 15 is 0 Å². The van der Waals surface area contributed by atoms with Crippen molar-refractivity contribution in [3.63, 3.8) is 0 Å². The Balaban J connectivity index is 0.000000130. The molecule has 0 amide bonds. The molecule has 0 atom stereocenters. The summed E-state index contributed by atoms with van der Waals surface area (Å²) in [7, 11) is 0. The molecule has 2 aliphatic heterocycles. The zero-order valence-electron chi connectivity index (χ0n) is 12.8. The van der Waals surface area contributed by atoms with E-state index in [2.05, 4.69) is 34.9 Å². The lowest BCUT2D eigenvalue weighted by Gasteiger charge is -2.20. The van der Waals surface area contributed by atoms with E-state index in [0.29, 0.717) is 0 Å². The standard InChI is InChI=1S/C12H9NO.C8H9N/c1-3-7-11-9(5-1)13-10-6-2-4-8-12(10)14-11;1-2-4-8-7(3-1)5-6-9-8/h1-8,13H;1-4,9H,5-6H2. The second-order valence-corrected chi connectivity index (χ2v) is 5.55. The summed E-state index contributed by atoms with van der Waals surface area (Å²) < 4.78 is 5.71. The van der Waals surface area contributed by atoms with Gasteiger partial charge in [0.2, 0.25) is 0 Å². The highest BCUT2D eigenvalue weighted by atomic mass is 16.5. The summed E-state index contributed by atoms with van der Waals surface area (Å²) in [6.07, 6.45) is 1.19. The molecule has 3 aromatic carbocycles. The lowest BCUT2D eigenvalue weighted by Crippen LogP contribution is -2.01. The van der Waals surface area contributed by atoms with Crippen LogP contribution in [0.5, 0.6) is 11.5 Å². The fourth-order valence-corrected chi connectivity index (χ4v) is 2.82. The molecule has 23 heavy (non-hydrogen) atoms. The maximum Gasteiger partial charge on any atom is 0.150 e. The highest BCUT2D eigenvalue weighted by molar-refractivity contribution is 5.75. The molecular weight excluding hydrogens is 284 g/mol. The Labute approximate surface area is 135 Å². The van der Waals surface area contributed by atoms with Crippen LogP contribution in [0, 0.1) is 0 Å². The molecule has 0 bridgehead atoms. The van der Waals surface area contributed by atoms with Gasteiger partial charge in [-0.1, -0.05) is 42.5 Å². The van der Waals surface area contributed by atoms with Gasteiger partial charge in [0.1, 0.15) is 0 Å². The first-order chi connectivity index (χ1) is 11.4. The molecule has 3 nitrogen and oxygen atoms in total. The van der Waals surface area contributed by atoms with E-state index in [1.54, 1.807) is 0 Å². The Morgan fingerprint density at radius 2 is 1.22 bits per heavy atom. The Morgan fingerprint density at radius 1 is 0.652 bits per heavy atom. The monoisotopic (exact) mass is 302 g/mol. The molecule has 0 unspecified atom stereocenters. The highest BCUT2D eigenvalue weighted by Gasteiger charge is 2.13. The van der Waals surface area contributed by atoms with Crippen molar-refractivity contribution in [1.82, 2.24) is 0 Å². The maximum absolute atomic E-state index is 5.71. The molecule has 2 N–H and O–H groups in total. The number of anilines is 3. The van der Waals surface area contributed by atoms with Crippen molar-refractivity contribution in [1.29, 1.82) is 0 Å². The zero-order valence-corrected chi connectivity index (χ0v) is 12.8. The van der Waals surface area contributed by atoms with Crippen LogP contribution in [0.4, 0.5) is 17.1 Å². The fourth-order valence-electron chi connectivity index (χ4n) is 2.82. The van der Waals surface area contributed by atoms with Crippen LogP contribution in [0.1, 0.15) is 5.56 Å². The van der Waals surface area contributed by atoms with Gasteiger partial charge in [-0.3, -0.25) is 0 Å². The van der Waals surface area contributed by atoms with E-state index in [0.717, 1.165) is 29.4 Å². The first-order valence-corrected chi connectivity index (χ1v) is 7.85. The van der Waals surface area contributed by atoms with Crippen molar-refractivity contribution >= 4 is 17.1 Å². The first kappa shape index (κ1) is 13.7. The molecule has 3 aromatic rings. The summed E-state index contributed by atoms with van der Waals surface area (Å²) in [4.78, 5) is 0. The molecule has 3 heteroatoms. The summed E-state index contributed by atoms with van der Waals surface area (Å²) >= 11 is 0. The number of hydrogen-bond acceptors (Lipinski definition) is 3. The van der Waals surface area contributed by atoms with E-state index in [-0.39, 0.29) is 0 Å². The van der Waals surface area contributed by atoms with E-state index in [4.69, 9.17) is 4.74 Å². The maximum atomic E-state index is 5.71. The smallest absolute Gasteiger partial charge is 0.150 e. The number of ether oxygens (including phenoxy) is 1. The van der Waals surface area contributed by atoms with Crippen LogP contribution in [0.3, 0.4) is 0 Å². The lowest BCUT2D eigenvalue weighted by atomic mass is 10.2. The van der Waals surface area contributed by atoms with Crippen molar-refractivity contribution in [2.24, 2.45) is 0 Å². The predicted octanol–water partition coefficient (Wildman–Crippen LogP) is 5.19. The minimum absolute atomic E-state index is 0.881. The highest BCUT2D eigenvalue weighted by Crippen LogP contribution is 2.40. The van der Waals surface area contributed by atoms with Crippen molar-refractivity contribution in [3.05, 3.63) is 78.4 Å². The fraction of sp³-hybridized carbons (Fsp3) is 0.100. The average molecular weight is 302 g/mol. The van der Waals surface area contributed by atoms with Crippen molar-refractivity contribution in [2.75, 3.05) is 17.2 Å². The number of para-hydroxylation sites is 5. The van der Waals surface area contributed by atoms with Gasteiger partial charge in [-0.15, -0.1) is 0 Å². The number of nitrogens with one attached hydrogen (secondary N) is 2. The number of fused-ring (bicyclic) bond motifs is 3. The number of benzene rings is 3. The Hall–Kier alpha value is -2.94. The van der Waals surface area contributed by atoms with Gasteiger partial charge in [-0.2, -0.15) is 0 Å². The Kier molecular flexibility index (Phi) is 3.60. The van der Waals surface area contributed by atoms with Crippen LogP contribution in [0.25, 0.3) is 0 Å². The quantitative estimate of drug-likeness (QED) is 0.469. The topological polar surface area (TPSA) is 33.3 Å². The third kappa shape index (κ3) is 2.86. The summed E-state index contributed by atoms with van der Waals surface area (Å²) in [5.41, 5.74) is 4.81. The van der Waals surface area contributed by atoms with Gasteiger partial charge in [0.05, 0.1) is 11.4 Å². The second kappa shape index (κ2) is 6.05. The van der Waals surface area contributed by atoms with Gasteiger partial charge < -0.3 is 15.4 Å². The predicted molar refractivity (Wildman–Crippen MR) is 94.9 cm³/mol. The molecule has 0 spiro atoms. The van der Waals surface area contributed by atoms with E-state index in [9.17, 15) is 0 Å². The number of rotatable bonds is 0. The SMILES string of the molecule is c1ccc2c(c1)CCN2.c1ccc2c(c1)Nc1ccccc1O2.